The van der Waals surface area contributed by atoms with Gasteiger partial charge < -0.3 is 15.4 Å². The highest BCUT2D eigenvalue weighted by molar-refractivity contribution is 7.89. The lowest BCUT2D eigenvalue weighted by Gasteiger charge is -2.18. The summed E-state index contributed by atoms with van der Waals surface area (Å²) in [5, 5.41) is 13.5. The first-order chi connectivity index (χ1) is 16.2. The minimum absolute atomic E-state index is 0.160. The van der Waals surface area contributed by atoms with E-state index in [1.54, 1.807) is 42.8 Å². The van der Waals surface area contributed by atoms with E-state index in [-0.39, 0.29) is 17.0 Å². The third-order valence-corrected chi connectivity index (χ3v) is 7.31. The normalized spacial score (nSPS) is 11.6. The number of aromatic nitrogens is 3. The van der Waals surface area contributed by atoms with E-state index in [1.165, 1.54) is 23.5 Å². The topological polar surface area (TPSA) is 136 Å². The number of sulfonamides is 1. The molecule has 0 bridgehead atoms. The van der Waals surface area contributed by atoms with Crippen molar-refractivity contribution < 1.29 is 22.7 Å². The Hall–Kier alpha value is -3.51. The van der Waals surface area contributed by atoms with Gasteiger partial charge in [-0.15, -0.1) is 5.10 Å². The van der Waals surface area contributed by atoms with Gasteiger partial charge in [0.15, 0.2) is 0 Å². The molecule has 0 saturated carbocycles. The van der Waals surface area contributed by atoms with Gasteiger partial charge >= 0.3 is 12.0 Å². The van der Waals surface area contributed by atoms with Crippen LogP contribution in [0, 0.1) is 6.92 Å². The highest BCUT2D eigenvalue weighted by atomic mass is 32.2. The smallest absolute Gasteiger partial charge is 0.339 e. The molecule has 0 atom stereocenters. The number of methoxy groups -OCH3 is 1. The number of benzene rings is 2. The van der Waals surface area contributed by atoms with Gasteiger partial charge in [0.05, 0.1) is 35.3 Å². The second-order valence-corrected chi connectivity index (χ2v) is 9.41. The molecule has 0 aliphatic heterocycles. The van der Waals surface area contributed by atoms with Crippen molar-refractivity contribution in [3.8, 4) is 0 Å². The summed E-state index contributed by atoms with van der Waals surface area (Å²) >= 11 is 0. The Balaban J connectivity index is 1.66. The van der Waals surface area contributed by atoms with Crippen molar-refractivity contribution in [2.45, 2.75) is 32.2 Å². The molecule has 0 aliphatic rings. The maximum Gasteiger partial charge on any atom is 0.339 e. The fourth-order valence-corrected chi connectivity index (χ4v) is 4.96. The predicted molar refractivity (Wildman–Crippen MR) is 127 cm³/mol. The Morgan fingerprint density at radius 3 is 2.53 bits per heavy atom. The minimum Gasteiger partial charge on any atom is -0.465 e. The number of hydrogen-bond donors (Lipinski definition) is 2. The number of carbonyl (C=O) groups is 2. The molecule has 12 heteroatoms. The molecule has 3 rings (SSSR count). The predicted octanol–water partition coefficient (Wildman–Crippen LogP) is 2.38. The van der Waals surface area contributed by atoms with Crippen molar-refractivity contribution in [1.82, 2.24) is 24.6 Å². The van der Waals surface area contributed by atoms with Gasteiger partial charge in [-0.1, -0.05) is 25.1 Å². The largest absolute Gasteiger partial charge is 0.465 e. The molecular formula is C22H28N6O5S. The summed E-state index contributed by atoms with van der Waals surface area (Å²) in [7, 11) is -2.32. The van der Waals surface area contributed by atoms with Gasteiger partial charge in [-0.25, -0.2) is 22.7 Å². The zero-order valence-corrected chi connectivity index (χ0v) is 20.3. The van der Waals surface area contributed by atoms with E-state index in [9.17, 15) is 18.0 Å². The molecule has 0 fully saturated rings. The number of rotatable bonds is 9. The Bertz CT molecular complexity index is 1300. The second kappa shape index (κ2) is 10.6. The third kappa shape index (κ3) is 5.34. The first-order valence-electron chi connectivity index (χ1n) is 10.8. The summed E-state index contributed by atoms with van der Waals surface area (Å²) in [6.45, 7) is 6.70. The first kappa shape index (κ1) is 25.1. The summed E-state index contributed by atoms with van der Waals surface area (Å²) in [5.74, 6) is -0.549. The maximum absolute atomic E-state index is 12.7. The molecule has 2 amide bonds. The summed E-state index contributed by atoms with van der Waals surface area (Å²) < 4.78 is 33.2. The molecule has 2 aromatic carbocycles. The highest BCUT2D eigenvalue weighted by Crippen LogP contribution is 2.21. The number of nitrogens with zero attached hydrogens (tertiary/aromatic N) is 4. The molecule has 0 unspecified atom stereocenters. The molecule has 0 saturated heterocycles. The van der Waals surface area contributed by atoms with Crippen LogP contribution in [0.15, 0.2) is 41.3 Å². The number of esters is 1. The third-order valence-electron chi connectivity index (χ3n) is 5.27. The zero-order chi connectivity index (χ0) is 24.9. The monoisotopic (exact) mass is 488 g/mol. The molecule has 34 heavy (non-hydrogen) atoms. The van der Waals surface area contributed by atoms with Crippen molar-refractivity contribution in [1.29, 1.82) is 0 Å². The fraction of sp³-hybridized carbons (Fsp3) is 0.364. The summed E-state index contributed by atoms with van der Waals surface area (Å²) in [6.07, 6.45) is 0. The molecule has 0 aliphatic carbocycles. The van der Waals surface area contributed by atoms with Crippen LogP contribution in [0.3, 0.4) is 0 Å². The van der Waals surface area contributed by atoms with Crippen molar-refractivity contribution in [3.05, 3.63) is 47.5 Å². The van der Waals surface area contributed by atoms with Crippen molar-refractivity contribution in [3.63, 3.8) is 0 Å². The van der Waals surface area contributed by atoms with Crippen LogP contribution in [0.25, 0.3) is 11.0 Å². The highest BCUT2D eigenvalue weighted by Gasteiger charge is 2.22. The van der Waals surface area contributed by atoms with Crippen LogP contribution in [-0.2, 0) is 21.3 Å². The molecule has 0 spiro atoms. The maximum atomic E-state index is 12.7. The number of aryl methyl sites for hydroxylation is 1. The average molecular weight is 489 g/mol. The number of urea groups is 1. The molecule has 3 aromatic rings. The SMILES string of the molecule is CCN(CC)S(=O)(=O)c1ccc2c(c1)nnn2CCNC(=O)Nc1cc(C)ccc1C(=O)OC. The average Bonchev–Trinajstić information content (AvgIpc) is 3.21. The fourth-order valence-electron chi connectivity index (χ4n) is 3.48. The van der Waals surface area contributed by atoms with E-state index >= 15 is 0 Å². The molecule has 1 heterocycles. The number of ether oxygens (including phenoxy) is 1. The van der Waals surface area contributed by atoms with Crippen LogP contribution < -0.4 is 10.6 Å². The van der Waals surface area contributed by atoms with E-state index in [0.717, 1.165) is 5.56 Å². The Kier molecular flexibility index (Phi) is 7.84. The Morgan fingerprint density at radius 1 is 1.12 bits per heavy atom. The molecular weight excluding hydrogens is 460 g/mol. The number of fused-ring (bicyclic) bond motifs is 1. The van der Waals surface area contributed by atoms with Crippen LogP contribution in [-0.4, -0.2) is 66.5 Å². The second-order valence-electron chi connectivity index (χ2n) is 7.47. The number of amides is 2. The van der Waals surface area contributed by atoms with E-state index in [1.807, 2.05) is 6.92 Å². The van der Waals surface area contributed by atoms with Gasteiger partial charge in [0.2, 0.25) is 10.0 Å². The lowest BCUT2D eigenvalue weighted by molar-refractivity contribution is 0.0602. The van der Waals surface area contributed by atoms with Gasteiger partial charge in [-0.2, -0.15) is 4.31 Å². The van der Waals surface area contributed by atoms with Crippen molar-refractivity contribution >= 4 is 38.7 Å². The lowest BCUT2D eigenvalue weighted by atomic mass is 10.1. The molecule has 11 nitrogen and oxygen atoms in total. The van der Waals surface area contributed by atoms with Gasteiger partial charge in [0.25, 0.3) is 0 Å². The van der Waals surface area contributed by atoms with Gasteiger partial charge in [-0.05, 0) is 42.8 Å². The Morgan fingerprint density at radius 2 is 1.85 bits per heavy atom. The molecule has 182 valence electrons. The Labute approximate surface area is 198 Å². The minimum atomic E-state index is -3.60. The standard InChI is InChI=1S/C22H28N6O5S/c1-5-27(6-2)34(31,32)16-8-10-20-19(14-16)25-26-28(20)12-11-23-22(30)24-18-13-15(3)7-9-17(18)21(29)33-4/h7-10,13-14H,5-6,11-12H2,1-4H3,(H2,23,24,30). The van der Waals surface area contributed by atoms with E-state index in [2.05, 4.69) is 20.9 Å². The van der Waals surface area contributed by atoms with Crippen LogP contribution in [0.5, 0.6) is 0 Å². The van der Waals surface area contributed by atoms with Crippen molar-refractivity contribution in [2.24, 2.45) is 0 Å². The molecule has 2 N–H and O–H groups in total. The summed E-state index contributed by atoms with van der Waals surface area (Å²) in [6, 6.07) is 9.21. The molecule has 0 radical (unpaired) electrons. The number of anilines is 1. The van der Waals surface area contributed by atoms with Crippen molar-refractivity contribution in [2.75, 3.05) is 32.1 Å². The first-order valence-corrected chi connectivity index (χ1v) is 12.2. The lowest BCUT2D eigenvalue weighted by Crippen LogP contribution is -2.32. The number of carbonyl (C=O) groups excluding carboxylic acids is 2. The van der Waals surface area contributed by atoms with Crippen LogP contribution in [0.2, 0.25) is 0 Å². The van der Waals surface area contributed by atoms with E-state index in [4.69, 9.17) is 4.74 Å². The van der Waals surface area contributed by atoms with Crippen LogP contribution in [0.4, 0.5) is 10.5 Å². The van der Waals surface area contributed by atoms with E-state index in [0.29, 0.717) is 36.4 Å². The number of nitrogens with one attached hydrogen (secondary N) is 2. The van der Waals surface area contributed by atoms with Crippen LogP contribution in [0.1, 0.15) is 29.8 Å². The van der Waals surface area contributed by atoms with Gasteiger partial charge in [0, 0.05) is 19.6 Å². The number of hydrogen-bond acceptors (Lipinski definition) is 7. The quantitative estimate of drug-likeness (QED) is 0.441. The molecule has 1 aromatic heterocycles. The van der Waals surface area contributed by atoms with Crippen LogP contribution >= 0.6 is 0 Å². The zero-order valence-electron chi connectivity index (χ0n) is 19.5. The van der Waals surface area contributed by atoms with Gasteiger partial charge in [-0.3, -0.25) is 0 Å². The van der Waals surface area contributed by atoms with Gasteiger partial charge in [0.1, 0.15) is 5.52 Å². The summed E-state index contributed by atoms with van der Waals surface area (Å²) in [5.41, 5.74) is 2.56. The summed E-state index contributed by atoms with van der Waals surface area (Å²) in [4.78, 5) is 24.4. The van der Waals surface area contributed by atoms with E-state index < -0.39 is 22.0 Å².